The van der Waals surface area contributed by atoms with Crippen LogP contribution in [-0.2, 0) is 6.54 Å². The molecule has 0 saturated carbocycles. The van der Waals surface area contributed by atoms with E-state index in [2.05, 4.69) is 51.3 Å². The highest BCUT2D eigenvalue weighted by Crippen LogP contribution is 2.29. The van der Waals surface area contributed by atoms with Gasteiger partial charge in [-0.1, -0.05) is 6.07 Å². The van der Waals surface area contributed by atoms with E-state index in [0.29, 0.717) is 0 Å². The van der Waals surface area contributed by atoms with Gasteiger partial charge in [-0.3, -0.25) is 0 Å². The molecule has 17 heavy (non-hydrogen) atoms. The van der Waals surface area contributed by atoms with Gasteiger partial charge in [0.05, 0.1) is 12.2 Å². The van der Waals surface area contributed by atoms with Gasteiger partial charge in [-0.25, -0.2) is 0 Å². The van der Waals surface area contributed by atoms with Gasteiger partial charge in [-0.05, 0) is 52.5 Å². The van der Waals surface area contributed by atoms with Crippen LogP contribution in [0.2, 0.25) is 0 Å². The van der Waals surface area contributed by atoms with E-state index in [1.54, 1.807) is 11.3 Å². The van der Waals surface area contributed by atoms with Gasteiger partial charge >= 0.3 is 0 Å². The summed E-state index contributed by atoms with van der Waals surface area (Å²) in [6.07, 6.45) is 0. The van der Waals surface area contributed by atoms with Crippen LogP contribution in [0.3, 0.4) is 0 Å². The molecule has 0 bridgehead atoms. The Hall–Kier alpha value is -1.00. The molecule has 0 spiro atoms. The Morgan fingerprint density at radius 1 is 1.35 bits per heavy atom. The Morgan fingerprint density at radius 3 is 2.76 bits per heavy atom. The van der Waals surface area contributed by atoms with E-state index in [9.17, 15) is 0 Å². The molecule has 0 radical (unpaired) electrons. The summed E-state index contributed by atoms with van der Waals surface area (Å²) in [6, 6.07) is 10.2. The second-order valence-corrected chi connectivity index (χ2v) is 5.69. The summed E-state index contributed by atoms with van der Waals surface area (Å²) in [5.41, 5.74) is 7.73. The number of nitrogen functional groups attached to an aromatic ring is 1. The van der Waals surface area contributed by atoms with Crippen LogP contribution in [0.15, 0.2) is 40.2 Å². The van der Waals surface area contributed by atoms with Gasteiger partial charge in [-0.2, -0.15) is 0 Å². The fourth-order valence-corrected chi connectivity index (χ4v) is 3.10. The zero-order valence-corrected chi connectivity index (χ0v) is 12.1. The lowest BCUT2D eigenvalue weighted by molar-refractivity contribution is 0.840. The van der Waals surface area contributed by atoms with Crippen LogP contribution in [0.25, 0.3) is 0 Å². The highest BCUT2D eigenvalue weighted by Gasteiger charge is 2.09. The molecular formula is C13H15BrN2S. The van der Waals surface area contributed by atoms with Crippen molar-refractivity contribution in [3.63, 3.8) is 0 Å². The fourth-order valence-electron chi connectivity index (χ4n) is 1.74. The minimum absolute atomic E-state index is 0.785. The van der Waals surface area contributed by atoms with Gasteiger partial charge in [0.2, 0.25) is 0 Å². The molecule has 1 aromatic heterocycles. The van der Waals surface area contributed by atoms with Crippen LogP contribution < -0.4 is 10.6 Å². The second kappa shape index (κ2) is 5.56. The number of rotatable bonds is 4. The molecule has 2 aromatic rings. The van der Waals surface area contributed by atoms with E-state index in [1.165, 1.54) is 10.6 Å². The number of nitrogens with two attached hydrogens (primary N) is 1. The Labute approximate surface area is 114 Å². The summed E-state index contributed by atoms with van der Waals surface area (Å²) in [7, 11) is 0. The highest BCUT2D eigenvalue weighted by atomic mass is 79.9. The number of hydrogen-bond donors (Lipinski definition) is 1. The largest absolute Gasteiger partial charge is 0.399 e. The number of nitrogens with zero attached hydrogens (tertiary/aromatic N) is 1. The van der Waals surface area contributed by atoms with Crippen molar-refractivity contribution in [3.05, 3.63) is 45.1 Å². The predicted molar refractivity (Wildman–Crippen MR) is 79.6 cm³/mol. The van der Waals surface area contributed by atoms with Crippen molar-refractivity contribution in [3.8, 4) is 0 Å². The van der Waals surface area contributed by atoms with Crippen LogP contribution in [0.4, 0.5) is 11.4 Å². The molecule has 1 heterocycles. The Bertz CT molecular complexity index is 482. The van der Waals surface area contributed by atoms with Gasteiger partial charge in [0.15, 0.2) is 0 Å². The number of thiophene rings is 1. The van der Waals surface area contributed by atoms with E-state index < -0.39 is 0 Å². The van der Waals surface area contributed by atoms with E-state index in [0.717, 1.165) is 23.2 Å². The van der Waals surface area contributed by atoms with Crippen LogP contribution in [0.1, 0.15) is 11.8 Å². The molecule has 4 heteroatoms. The van der Waals surface area contributed by atoms with Gasteiger partial charge in [0, 0.05) is 21.6 Å². The van der Waals surface area contributed by atoms with E-state index >= 15 is 0 Å². The highest BCUT2D eigenvalue weighted by molar-refractivity contribution is 9.10. The molecular weight excluding hydrogens is 296 g/mol. The first-order chi connectivity index (χ1) is 8.20. The summed E-state index contributed by atoms with van der Waals surface area (Å²) in [6.45, 7) is 4.08. The third-order valence-corrected chi connectivity index (χ3v) is 4.12. The lowest BCUT2D eigenvalue weighted by Gasteiger charge is -2.24. The number of anilines is 2. The SMILES string of the molecule is CCN(Cc1cccs1)c1ccc(N)cc1Br. The fraction of sp³-hybridized carbons (Fsp3) is 0.231. The Kier molecular flexibility index (Phi) is 4.07. The average Bonchev–Trinajstić information content (AvgIpc) is 2.79. The molecule has 0 amide bonds. The lowest BCUT2D eigenvalue weighted by atomic mass is 10.2. The molecule has 1 aromatic carbocycles. The topological polar surface area (TPSA) is 29.3 Å². The zero-order chi connectivity index (χ0) is 12.3. The molecule has 0 fully saturated rings. The summed E-state index contributed by atoms with van der Waals surface area (Å²) in [5, 5.41) is 2.11. The van der Waals surface area contributed by atoms with Gasteiger partial charge in [0.1, 0.15) is 0 Å². The van der Waals surface area contributed by atoms with Gasteiger partial charge in [0.25, 0.3) is 0 Å². The first-order valence-corrected chi connectivity index (χ1v) is 7.20. The second-order valence-electron chi connectivity index (χ2n) is 3.80. The molecule has 0 saturated heterocycles. The zero-order valence-electron chi connectivity index (χ0n) is 9.69. The van der Waals surface area contributed by atoms with Crippen LogP contribution in [-0.4, -0.2) is 6.54 Å². The summed E-state index contributed by atoms with van der Waals surface area (Å²) >= 11 is 5.36. The Balaban J connectivity index is 2.23. The van der Waals surface area contributed by atoms with E-state index in [4.69, 9.17) is 5.73 Å². The van der Waals surface area contributed by atoms with Crippen molar-refractivity contribution in [2.24, 2.45) is 0 Å². The summed E-state index contributed by atoms with van der Waals surface area (Å²) in [4.78, 5) is 3.70. The van der Waals surface area contributed by atoms with Crippen molar-refractivity contribution in [2.75, 3.05) is 17.2 Å². The molecule has 0 aliphatic rings. The van der Waals surface area contributed by atoms with Crippen molar-refractivity contribution in [1.82, 2.24) is 0 Å². The van der Waals surface area contributed by atoms with Gasteiger partial charge < -0.3 is 10.6 Å². The first kappa shape index (κ1) is 12.5. The number of halogens is 1. The van der Waals surface area contributed by atoms with Crippen LogP contribution in [0.5, 0.6) is 0 Å². The van der Waals surface area contributed by atoms with Crippen molar-refractivity contribution in [2.45, 2.75) is 13.5 Å². The molecule has 2 rings (SSSR count). The average molecular weight is 311 g/mol. The first-order valence-electron chi connectivity index (χ1n) is 5.53. The van der Waals surface area contributed by atoms with Crippen molar-refractivity contribution >= 4 is 38.6 Å². The van der Waals surface area contributed by atoms with E-state index in [-0.39, 0.29) is 0 Å². The summed E-state index contributed by atoms with van der Waals surface area (Å²) < 4.78 is 1.05. The van der Waals surface area contributed by atoms with Crippen LogP contribution >= 0.6 is 27.3 Å². The predicted octanol–water partition coefficient (Wildman–Crippen LogP) is 4.12. The maximum absolute atomic E-state index is 5.76. The molecule has 2 nitrogen and oxygen atoms in total. The molecule has 2 N–H and O–H groups in total. The maximum Gasteiger partial charge on any atom is 0.0523 e. The normalized spacial score (nSPS) is 10.5. The monoisotopic (exact) mass is 310 g/mol. The Morgan fingerprint density at radius 2 is 2.18 bits per heavy atom. The van der Waals surface area contributed by atoms with E-state index in [1.807, 2.05) is 12.1 Å². The van der Waals surface area contributed by atoms with Gasteiger partial charge in [-0.15, -0.1) is 11.3 Å². The standard InChI is InChI=1S/C13H15BrN2S/c1-2-16(9-11-4-3-7-17-11)13-6-5-10(15)8-12(13)14/h3-8H,2,9,15H2,1H3. The number of hydrogen-bond acceptors (Lipinski definition) is 3. The number of benzene rings is 1. The van der Waals surface area contributed by atoms with Crippen molar-refractivity contribution in [1.29, 1.82) is 0 Å². The quantitative estimate of drug-likeness (QED) is 0.861. The third-order valence-electron chi connectivity index (χ3n) is 2.62. The minimum Gasteiger partial charge on any atom is -0.399 e. The third kappa shape index (κ3) is 3.01. The summed E-state index contributed by atoms with van der Waals surface area (Å²) in [5.74, 6) is 0. The molecule has 90 valence electrons. The lowest BCUT2D eigenvalue weighted by Crippen LogP contribution is -2.21. The molecule has 0 atom stereocenters. The smallest absolute Gasteiger partial charge is 0.0523 e. The molecule has 0 aliphatic carbocycles. The molecule has 0 aliphatic heterocycles. The minimum atomic E-state index is 0.785. The van der Waals surface area contributed by atoms with Crippen molar-refractivity contribution < 1.29 is 0 Å². The maximum atomic E-state index is 5.76. The molecule has 0 unspecified atom stereocenters. The van der Waals surface area contributed by atoms with Crippen LogP contribution in [0, 0.1) is 0 Å².